The fraction of sp³-hybridized carbons (Fsp3) is 0.278. The van der Waals surface area contributed by atoms with Gasteiger partial charge >= 0.3 is 5.97 Å². The molecule has 1 fully saturated rings. The van der Waals surface area contributed by atoms with Crippen molar-refractivity contribution in [3.05, 3.63) is 54.6 Å². The van der Waals surface area contributed by atoms with Crippen molar-refractivity contribution in [2.45, 2.75) is 18.6 Å². The van der Waals surface area contributed by atoms with E-state index in [9.17, 15) is 4.79 Å². The van der Waals surface area contributed by atoms with E-state index >= 15 is 0 Å². The molecule has 1 N–H and O–H groups in total. The highest BCUT2D eigenvalue weighted by Crippen LogP contribution is 2.24. The van der Waals surface area contributed by atoms with Crippen LogP contribution in [0.2, 0.25) is 0 Å². The molecule has 0 unspecified atom stereocenters. The number of benzene rings is 2. The average Bonchev–Trinajstić information content (AvgIpc) is 3.04. The van der Waals surface area contributed by atoms with E-state index in [-0.39, 0.29) is 18.1 Å². The molecule has 22 heavy (non-hydrogen) atoms. The zero-order valence-corrected chi connectivity index (χ0v) is 12.5. The Morgan fingerprint density at radius 2 is 1.73 bits per heavy atom. The third-order valence-corrected chi connectivity index (χ3v) is 3.84. The lowest BCUT2D eigenvalue weighted by molar-refractivity contribution is -0.142. The van der Waals surface area contributed by atoms with Crippen molar-refractivity contribution in [3.63, 3.8) is 0 Å². The van der Waals surface area contributed by atoms with E-state index in [0.29, 0.717) is 13.0 Å². The van der Waals surface area contributed by atoms with E-state index in [1.165, 1.54) is 12.7 Å². The molecule has 2 atom stereocenters. The van der Waals surface area contributed by atoms with Crippen molar-refractivity contribution in [2.24, 2.45) is 0 Å². The van der Waals surface area contributed by atoms with Crippen LogP contribution in [0, 0.1) is 0 Å². The molecule has 0 bridgehead atoms. The number of nitrogens with one attached hydrogen (secondary N) is 1. The average molecular weight is 297 g/mol. The first-order valence-electron chi connectivity index (χ1n) is 7.39. The number of rotatable bonds is 4. The van der Waals surface area contributed by atoms with Crippen LogP contribution in [-0.4, -0.2) is 31.8 Å². The van der Waals surface area contributed by atoms with Crippen LogP contribution in [0.4, 0.5) is 0 Å². The quantitative estimate of drug-likeness (QED) is 0.881. The Hall–Kier alpha value is -2.33. The highest BCUT2D eigenvalue weighted by Gasteiger charge is 2.31. The zero-order valence-electron chi connectivity index (χ0n) is 12.5. The molecule has 0 amide bonds. The van der Waals surface area contributed by atoms with Crippen LogP contribution in [0.25, 0.3) is 11.1 Å². The third-order valence-electron chi connectivity index (χ3n) is 3.84. The van der Waals surface area contributed by atoms with Gasteiger partial charge in [0.05, 0.1) is 7.11 Å². The predicted octanol–water partition coefficient (Wildman–Crippen LogP) is 2.64. The van der Waals surface area contributed by atoms with Gasteiger partial charge in [-0.25, -0.2) is 0 Å². The predicted molar refractivity (Wildman–Crippen MR) is 84.7 cm³/mol. The molecule has 0 spiro atoms. The van der Waals surface area contributed by atoms with Crippen LogP contribution in [0.3, 0.4) is 0 Å². The van der Waals surface area contributed by atoms with E-state index in [1.807, 2.05) is 42.5 Å². The van der Waals surface area contributed by atoms with Crippen LogP contribution < -0.4 is 10.1 Å². The van der Waals surface area contributed by atoms with Gasteiger partial charge in [0.15, 0.2) is 0 Å². The van der Waals surface area contributed by atoms with Gasteiger partial charge in [0, 0.05) is 13.0 Å². The van der Waals surface area contributed by atoms with Gasteiger partial charge in [-0.2, -0.15) is 0 Å². The van der Waals surface area contributed by atoms with Crippen LogP contribution in [0.15, 0.2) is 54.6 Å². The van der Waals surface area contributed by atoms with Crippen LogP contribution >= 0.6 is 0 Å². The van der Waals surface area contributed by atoms with Gasteiger partial charge < -0.3 is 14.8 Å². The minimum Gasteiger partial charge on any atom is -0.489 e. The maximum atomic E-state index is 11.5. The Bertz CT molecular complexity index is 625. The van der Waals surface area contributed by atoms with E-state index < -0.39 is 0 Å². The monoisotopic (exact) mass is 297 g/mol. The van der Waals surface area contributed by atoms with Crippen molar-refractivity contribution in [1.29, 1.82) is 0 Å². The van der Waals surface area contributed by atoms with E-state index in [1.54, 1.807) is 0 Å². The Morgan fingerprint density at radius 1 is 1.05 bits per heavy atom. The van der Waals surface area contributed by atoms with Crippen molar-refractivity contribution >= 4 is 5.97 Å². The summed E-state index contributed by atoms with van der Waals surface area (Å²) in [7, 11) is 1.40. The lowest BCUT2D eigenvalue weighted by Gasteiger charge is -2.13. The molecule has 0 aromatic heterocycles. The smallest absolute Gasteiger partial charge is 0.323 e. The largest absolute Gasteiger partial charge is 0.489 e. The Labute approximate surface area is 130 Å². The molecule has 0 aliphatic carbocycles. The molecule has 114 valence electrons. The second-order valence-corrected chi connectivity index (χ2v) is 5.35. The molecule has 0 saturated carbocycles. The Kier molecular flexibility index (Phi) is 4.39. The first-order valence-corrected chi connectivity index (χ1v) is 7.39. The molecule has 4 nitrogen and oxygen atoms in total. The summed E-state index contributed by atoms with van der Waals surface area (Å²) in [5.41, 5.74) is 2.34. The SMILES string of the molecule is COC(=O)[C@H]1C[C@H](Oc2ccc(-c3ccccc3)cc2)CN1. The first-order chi connectivity index (χ1) is 10.8. The second-order valence-electron chi connectivity index (χ2n) is 5.35. The molecule has 1 aliphatic rings. The standard InChI is InChI=1S/C18H19NO3/c1-21-18(20)17-11-16(12-19-17)22-15-9-7-14(8-10-15)13-5-3-2-4-6-13/h2-10,16-17,19H,11-12H2,1H3/t16-,17+/m0/s1. The summed E-state index contributed by atoms with van der Waals surface area (Å²) < 4.78 is 10.7. The molecule has 1 aliphatic heterocycles. The van der Waals surface area contributed by atoms with Crippen LogP contribution in [-0.2, 0) is 9.53 Å². The summed E-state index contributed by atoms with van der Waals surface area (Å²) in [5, 5.41) is 3.12. The lowest BCUT2D eigenvalue weighted by Crippen LogP contribution is -2.31. The highest BCUT2D eigenvalue weighted by molar-refractivity contribution is 5.76. The van der Waals surface area contributed by atoms with E-state index in [0.717, 1.165) is 11.3 Å². The molecule has 3 rings (SSSR count). The molecule has 1 heterocycles. The summed E-state index contributed by atoms with van der Waals surface area (Å²) >= 11 is 0. The molecule has 1 saturated heterocycles. The summed E-state index contributed by atoms with van der Waals surface area (Å²) in [5.74, 6) is 0.586. The number of ether oxygens (including phenoxy) is 2. The van der Waals surface area contributed by atoms with Gasteiger partial charge in [-0.05, 0) is 23.3 Å². The van der Waals surface area contributed by atoms with Crippen molar-refractivity contribution < 1.29 is 14.3 Å². The number of methoxy groups -OCH3 is 1. The normalized spacial score (nSPS) is 20.6. The summed E-state index contributed by atoms with van der Waals surface area (Å²) in [4.78, 5) is 11.5. The van der Waals surface area contributed by atoms with E-state index in [4.69, 9.17) is 9.47 Å². The molecule has 2 aromatic carbocycles. The summed E-state index contributed by atoms with van der Waals surface area (Å²) in [6.07, 6.45) is 0.624. The third kappa shape index (κ3) is 3.28. The van der Waals surface area contributed by atoms with Gasteiger partial charge in [0.1, 0.15) is 17.9 Å². The van der Waals surface area contributed by atoms with Gasteiger partial charge in [-0.1, -0.05) is 42.5 Å². The lowest BCUT2D eigenvalue weighted by atomic mass is 10.1. The molecule has 2 aromatic rings. The maximum Gasteiger partial charge on any atom is 0.323 e. The number of carbonyl (C=O) groups excluding carboxylic acids is 1. The number of hydrogen-bond donors (Lipinski definition) is 1. The van der Waals surface area contributed by atoms with Gasteiger partial charge in [0.2, 0.25) is 0 Å². The van der Waals surface area contributed by atoms with Crippen LogP contribution in [0.1, 0.15) is 6.42 Å². The van der Waals surface area contributed by atoms with Gasteiger partial charge in [0.25, 0.3) is 0 Å². The number of esters is 1. The van der Waals surface area contributed by atoms with Crippen LogP contribution in [0.5, 0.6) is 5.75 Å². The number of hydrogen-bond acceptors (Lipinski definition) is 4. The zero-order chi connectivity index (χ0) is 15.4. The fourth-order valence-electron chi connectivity index (χ4n) is 2.66. The van der Waals surface area contributed by atoms with Crippen molar-refractivity contribution in [1.82, 2.24) is 5.32 Å². The second kappa shape index (κ2) is 6.62. The molecular weight excluding hydrogens is 278 g/mol. The Balaban J connectivity index is 1.61. The minimum absolute atomic E-state index is 0.00771. The summed E-state index contributed by atoms with van der Waals surface area (Å²) in [6, 6.07) is 18.0. The minimum atomic E-state index is -0.265. The molecule has 0 radical (unpaired) electrons. The fourth-order valence-corrected chi connectivity index (χ4v) is 2.66. The van der Waals surface area contributed by atoms with Crippen molar-refractivity contribution in [2.75, 3.05) is 13.7 Å². The highest BCUT2D eigenvalue weighted by atomic mass is 16.5. The van der Waals surface area contributed by atoms with E-state index in [2.05, 4.69) is 17.4 Å². The van der Waals surface area contributed by atoms with Gasteiger partial charge in [-0.15, -0.1) is 0 Å². The maximum absolute atomic E-state index is 11.5. The number of carbonyl (C=O) groups is 1. The summed E-state index contributed by atoms with van der Waals surface area (Å²) in [6.45, 7) is 0.653. The Morgan fingerprint density at radius 3 is 2.41 bits per heavy atom. The van der Waals surface area contributed by atoms with Crippen molar-refractivity contribution in [3.8, 4) is 16.9 Å². The topological polar surface area (TPSA) is 47.6 Å². The first kappa shape index (κ1) is 14.6. The molecule has 4 heteroatoms. The molecular formula is C18H19NO3. The van der Waals surface area contributed by atoms with Gasteiger partial charge in [-0.3, -0.25) is 4.79 Å².